The Morgan fingerprint density at radius 1 is 1.00 bits per heavy atom. The standard InChI is InChI=1S/C25H22N2O3/c28-23(26-14-16-4-3-6-20(12-16)27-25(29)18-8-9-18)13-19-15-30-22-11-10-17-5-1-2-7-21(17)24(19)22/h1-7,10-12,15,18H,8-9,13-14H2,(H,26,28)(H,27,29). The van der Waals surface area contributed by atoms with Gasteiger partial charge >= 0.3 is 0 Å². The minimum absolute atomic E-state index is 0.0712. The fourth-order valence-electron chi connectivity index (χ4n) is 3.79. The minimum Gasteiger partial charge on any atom is -0.464 e. The number of nitrogens with one attached hydrogen (secondary N) is 2. The number of carbonyl (C=O) groups excluding carboxylic acids is 2. The molecule has 1 saturated carbocycles. The second-order valence-corrected chi connectivity index (χ2v) is 7.84. The summed E-state index contributed by atoms with van der Waals surface area (Å²) < 4.78 is 5.68. The molecule has 1 aliphatic carbocycles. The highest BCUT2D eigenvalue weighted by Crippen LogP contribution is 2.31. The van der Waals surface area contributed by atoms with Crippen LogP contribution in [0.5, 0.6) is 0 Å². The van der Waals surface area contributed by atoms with Crippen molar-refractivity contribution in [3.8, 4) is 0 Å². The maximum Gasteiger partial charge on any atom is 0.227 e. The van der Waals surface area contributed by atoms with Crippen molar-refractivity contribution in [1.29, 1.82) is 0 Å². The van der Waals surface area contributed by atoms with Crippen LogP contribution in [0.3, 0.4) is 0 Å². The van der Waals surface area contributed by atoms with Crippen LogP contribution in [0.1, 0.15) is 24.0 Å². The third-order valence-corrected chi connectivity index (χ3v) is 5.52. The van der Waals surface area contributed by atoms with E-state index >= 15 is 0 Å². The molecule has 1 aliphatic rings. The van der Waals surface area contributed by atoms with Crippen LogP contribution >= 0.6 is 0 Å². The Hall–Kier alpha value is -3.60. The van der Waals surface area contributed by atoms with E-state index in [4.69, 9.17) is 4.42 Å². The van der Waals surface area contributed by atoms with E-state index < -0.39 is 0 Å². The quantitative estimate of drug-likeness (QED) is 0.490. The summed E-state index contributed by atoms with van der Waals surface area (Å²) in [4.78, 5) is 24.5. The summed E-state index contributed by atoms with van der Waals surface area (Å²) in [5.74, 6) is 0.169. The summed E-state index contributed by atoms with van der Waals surface area (Å²) in [6.07, 6.45) is 3.86. The lowest BCUT2D eigenvalue weighted by atomic mass is 10.0. The van der Waals surface area contributed by atoms with Crippen LogP contribution in [-0.4, -0.2) is 11.8 Å². The fraction of sp³-hybridized carbons (Fsp3) is 0.200. The van der Waals surface area contributed by atoms with Crippen molar-refractivity contribution >= 4 is 39.2 Å². The lowest BCUT2D eigenvalue weighted by molar-refractivity contribution is -0.120. The highest BCUT2D eigenvalue weighted by molar-refractivity contribution is 6.08. The summed E-state index contributed by atoms with van der Waals surface area (Å²) in [6.45, 7) is 0.405. The molecule has 1 aromatic heterocycles. The average molecular weight is 398 g/mol. The molecule has 0 spiro atoms. The first-order valence-corrected chi connectivity index (χ1v) is 10.2. The molecule has 0 unspecified atom stereocenters. The van der Waals surface area contributed by atoms with Gasteiger partial charge < -0.3 is 15.1 Å². The van der Waals surface area contributed by atoms with E-state index in [-0.39, 0.29) is 24.2 Å². The number of fused-ring (bicyclic) bond motifs is 3. The van der Waals surface area contributed by atoms with Gasteiger partial charge in [0.05, 0.1) is 12.7 Å². The summed E-state index contributed by atoms with van der Waals surface area (Å²) in [7, 11) is 0. The molecule has 30 heavy (non-hydrogen) atoms. The number of amides is 2. The highest BCUT2D eigenvalue weighted by atomic mass is 16.3. The van der Waals surface area contributed by atoms with Gasteiger partial charge in [-0.15, -0.1) is 0 Å². The van der Waals surface area contributed by atoms with E-state index in [0.29, 0.717) is 6.54 Å². The van der Waals surface area contributed by atoms with E-state index in [9.17, 15) is 9.59 Å². The van der Waals surface area contributed by atoms with Crippen molar-refractivity contribution in [3.63, 3.8) is 0 Å². The van der Waals surface area contributed by atoms with Gasteiger partial charge in [-0.1, -0.05) is 42.5 Å². The zero-order valence-electron chi connectivity index (χ0n) is 16.5. The molecular formula is C25H22N2O3. The molecule has 5 heteroatoms. The van der Waals surface area contributed by atoms with Crippen molar-refractivity contribution in [2.75, 3.05) is 5.32 Å². The lowest BCUT2D eigenvalue weighted by Gasteiger charge is -2.08. The summed E-state index contributed by atoms with van der Waals surface area (Å²) in [5.41, 5.74) is 3.38. The predicted molar refractivity (Wildman–Crippen MR) is 117 cm³/mol. The first kappa shape index (κ1) is 18.4. The monoisotopic (exact) mass is 398 g/mol. The predicted octanol–water partition coefficient (Wildman–Crippen LogP) is 4.79. The minimum atomic E-state index is -0.0712. The van der Waals surface area contributed by atoms with Crippen molar-refractivity contribution in [1.82, 2.24) is 5.32 Å². The van der Waals surface area contributed by atoms with Gasteiger partial charge in [0.15, 0.2) is 0 Å². The first-order chi connectivity index (χ1) is 14.7. The van der Waals surface area contributed by atoms with Crippen molar-refractivity contribution in [3.05, 3.63) is 78.1 Å². The first-order valence-electron chi connectivity index (χ1n) is 10.2. The Kier molecular flexibility index (Phi) is 4.71. The second-order valence-electron chi connectivity index (χ2n) is 7.84. The Morgan fingerprint density at radius 2 is 1.87 bits per heavy atom. The molecule has 0 radical (unpaired) electrons. The van der Waals surface area contributed by atoms with Crippen LogP contribution in [0, 0.1) is 5.92 Å². The van der Waals surface area contributed by atoms with E-state index in [0.717, 1.165) is 51.4 Å². The summed E-state index contributed by atoms with van der Waals surface area (Å²) in [5, 5.41) is 9.12. The van der Waals surface area contributed by atoms with Gasteiger partial charge in [-0.25, -0.2) is 0 Å². The molecular weight excluding hydrogens is 376 g/mol. The van der Waals surface area contributed by atoms with Crippen molar-refractivity contribution in [2.45, 2.75) is 25.8 Å². The second kappa shape index (κ2) is 7.67. The van der Waals surface area contributed by atoms with Gasteiger partial charge in [-0.3, -0.25) is 9.59 Å². The molecule has 2 amide bonds. The molecule has 1 fully saturated rings. The molecule has 5 nitrogen and oxygen atoms in total. The normalized spacial score (nSPS) is 13.5. The van der Waals surface area contributed by atoms with Crippen LogP contribution in [0.2, 0.25) is 0 Å². The number of benzene rings is 3. The number of rotatable bonds is 6. The molecule has 2 N–H and O–H groups in total. The van der Waals surface area contributed by atoms with Crippen LogP contribution in [0.25, 0.3) is 21.7 Å². The topological polar surface area (TPSA) is 71.3 Å². The molecule has 150 valence electrons. The van der Waals surface area contributed by atoms with Gasteiger partial charge in [-0.2, -0.15) is 0 Å². The van der Waals surface area contributed by atoms with Crippen molar-refractivity contribution in [2.24, 2.45) is 5.92 Å². The van der Waals surface area contributed by atoms with Crippen molar-refractivity contribution < 1.29 is 14.0 Å². The van der Waals surface area contributed by atoms with E-state index in [2.05, 4.69) is 22.8 Å². The fourth-order valence-corrected chi connectivity index (χ4v) is 3.79. The van der Waals surface area contributed by atoms with Gasteiger partial charge in [0.1, 0.15) is 5.58 Å². The van der Waals surface area contributed by atoms with Crippen LogP contribution < -0.4 is 10.6 Å². The average Bonchev–Trinajstić information content (AvgIpc) is 3.54. The Balaban J connectivity index is 1.27. The SMILES string of the molecule is O=C(Cc1coc2ccc3ccccc3c12)NCc1cccc(NC(=O)C2CC2)c1. The molecule has 4 aromatic rings. The molecule has 0 aliphatic heterocycles. The largest absolute Gasteiger partial charge is 0.464 e. The molecule has 3 aromatic carbocycles. The molecule has 0 bridgehead atoms. The smallest absolute Gasteiger partial charge is 0.227 e. The third-order valence-electron chi connectivity index (χ3n) is 5.52. The Labute approximate surface area is 174 Å². The molecule has 1 heterocycles. The van der Waals surface area contributed by atoms with E-state index in [1.54, 1.807) is 6.26 Å². The zero-order chi connectivity index (χ0) is 20.5. The highest BCUT2D eigenvalue weighted by Gasteiger charge is 2.29. The maximum atomic E-state index is 12.6. The van der Waals surface area contributed by atoms with Crippen LogP contribution in [0.15, 0.2) is 71.3 Å². The number of hydrogen-bond donors (Lipinski definition) is 2. The van der Waals surface area contributed by atoms with Gasteiger partial charge in [-0.05, 0) is 47.4 Å². The van der Waals surface area contributed by atoms with Gasteiger partial charge in [0.2, 0.25) is 11.8 Å². The summed E-state index contributed by atoms with van der Waals surface area (Å²) in [6, 6.07) is 19.7. The zero-order valence-corrected chi connectivity index (χ0v) is 16.5. The van der Waals surface area contributed by atoms with E-state index in [1.807, 2.05) is 48.5 Å². The maximum absolute atomic E-state index is 12.6. The number of furan rings is 1. The number of carbonyl (C=O) groups is 2. The molecule has 0 atom stereocenters. The van der Waals surface area contributed by atoms with Crippen LogP contribution in [-0.2, 0) is 22.6 Å². The van der Waals surface area contributed by atoms with E-state index in [1.165, 1.54) is 0 Å². The Bertz CT molecular complexity index is 1250. The Morgan fingerprint density at radius 3 is 2.73 bits per heavy atom. The molecule has 5 rings (SSSR count). The van der Waals surface area contributed by atoms with Crippen LogP contribution in [0.4, 0.5) is 5.69 Å². The van der Waals surface area contributed by atoms with Gasteiger partial charge in [0, 0.05) is 29.1 Å². The number of anilines is 1. The number of hydrogen-bond acceptors (Lipinski definition) is 3. The lowest BCUT2D eigenvalue weighted by Crippen LogP contribution is -2.24. The van der Waals surface area contributed by atoms with Gasteiger partial charge in [0.25, 0.3) is 0 Å². The molecule has 0 saturated heterocycles. The third kappa shape index (κ3) is 3.79. The summed E-state index contributed by atoms with van der Waals surface area (Å²) >= 11 is 0.